The van der Waals surface area contributed by atoms with Crippen molar-refractivity contribution in [1.82, 2.24) is 0 Å². The average Bonchev–Trinajstić information content (AvgIpc) is 2.37. The smallest absolute Gasteiger partial charge is 0.0380 e. The summed E-state index contributed by atoms with van der Waals surface area (Å²) >= 11 is 3.58. The van der Waals surface area contributed by atoms with E-state index in [1.54, 1.807) is 0 Å². The van der Waals surface area contributed by atoms with Gasteiger partial charge in [0.05, 0.1) is 0 Å². The van der Waals surface area contributed by atoms with E-state index in [4.69, 9.17) is 5.73 Å². The molecule has 0 radical (unpaired) electrons. The second-order valence-electron chi connectivity index (χ2n) is 6.53. The summed E-state index contributed by atoms with van der Waals surface area (Å²) in [5, 5.41) is 0. The largest absolute Gasteiger partial charge is 0.372 e. The van der Waals surface area contributed by atoms with Crippen LogP contribution in [-0.4, -0.2) is 13.1 Å². The lowest BCUT2D eigenvalue weighted by Crippen LogP contribution is -2.37. The maximum Gasteiger partial charge on any atom is 0.0380 e. The number of hydrogen-bond donors (Lipinski definition) is 1. The van der Waals surface area contributed by atoms with Crippen molar-refractivity contribution in [2.75, 3.05) is 11.9 Å². The maximum atomic E-state index is 5.76. The van der Waals surface area contributed by atoms with Gasteiger partial charge in [-0.05, 0) is 54.9 Å². The van der Waals surface area contributed by atoms with Crippen LogP contribution in [0.4, 0.5) is 5.69 Å². The van der Waals surface area contributed by atoms with E-state index in [2.05, 4.69) is 59.9 Å². The van der Waals surface area contributed by atoms with Gasteiger partial charge in [0.15, 0.2) is 0 Å². The number of hydrogen-bond acceptors (Lipinski definition) is 2. The van der Waals surface area contributed by atoms with Crippen molar-refractivity contribution in [3.63, 3.8) is 0 Å². The van der Waals surface area contributed by atoms with Crippen molar-refractivity contribution < 1.29 is 0 Å². The highest BCUT2D eigenvalue weighted by Crippen LogP contribution is 2.38. The Morgan fingerprint density at radius 2 is 1.89 bits per heavy atom. The zero-order chi connectivity index (χ0) is 14.0. The van der Waals surface area contributed by atoms with Crippen LogP contribution >= 0.6 is 15.9 Å². The molecule has 106 valence electrons. The first-order valence-electron chi connectivity index (χ1n) is 7.14. The molecule has 1 fully saturated rings. The topological polar surface area (TPSA) is 29.3 Å². The Morgan fingerprint density at radius 3 is 2.47 bits per heavy atom. The summed E-state index contributed by atoms with van der Waals surface area (Å²) in [5.41, 5.74) is 8.75. The Bertz CT molecular complexity index is 432. The van der Waals surface area contributed by atoms with E-state index < -0.39 is 0 Å². The quantitative estimate of drug-likeness (QED) is 0.897. The van der Waals surface area contributed by atoms with E-state index in [0.717, 1.165) is 4.47 Å². The number of nitrogens with zero attached hydrogens (tertiary/aromatic N) is 1. The van der Waals surface area contributed by atoms with Crippen LogP contribution in [0, 0.1) is 5.41 Å². The molecule has 2 N–H and O–H groups in total. The maximum absolute atomic E-state index is 5.76. The summed E-state index contributed by atoms with van der Waals surface area (Å²) in [5.74, 6) is 0. The lowest BCUT2D eigenvalue weighted by atomic mass is 9.75. The van der Waals surface area contributed by atoms with Gasteiger partial charge in [0.1, 0.15) is 0 Å². The lowest BCUT2D eigenvalue weighted by molar-refractivity contribution is 0.222. The molecule has 1 aliphatic rings. The number of halogens is 1. The molecule has 2 nitrogen and oxygen atoms in total. The summed E-state index contributed by atoms with van der Waals surface area (Å²) in [7, 11) is 2.21. The van der Waals surface area contributed by atoms with Gasteiger partial charge >= 0.3 is 0 Å². The normalized spacial score (nSPS) is 19.4. The molecule has 0 heterocycles. The summed E-state index contributed by atoms with van der Waals surface area (Å²) in [6, 6.07) is 7.16. The Kier molecular flexibility index (Phi) is 4.57. The van der Waals surface area contributed by atoms with E-state index in [0.29, 0.717) is 18.0 Å². The van der Waals surface area contributed by atoms with Crippen LogP contribution in [0.25, 0.3) is 0 Å². The summed E-state index contributed by atoms with van der Waals surface area (Å²) < 4.78 is 1.12. The molecule has 19 heavy (non-hydrogen) atoms. The number of rotatable bonds is 3. The van der Waals surface area contributed by atoms with Gasteiger partial charge in [0, 0.05) is 29.8 Å². The van der Waals surface area contributed by atoms with Gasteiger partial charge in [-0.1, -0.05) is 29.8 Å². The highest BCUT2D eigenvalue weighted by molar-refractivity contribution is 9.10. The third-order valence-corrected chi connectivity index (χ3v) is 4.90. The molecule has 1 aromatic rings. The fourth-order valence-corrected chi connectivity index (χ4v) is 3.47. The van der Waals surface area contributed by atoms with Crippen LogP contribution in [0.3, 0.4) is 0 Å². The molecule has 0 bridgehead atoms. The third-order valence-electron chi connectivity index (χ3n) is 4.44. The van der Waals surface area contributed by atoms with E-state index >= 15 is 0 Å². The van der Waals surface area contributed by atoms with Crippen LogP contribution < -0.4 is 10.6 Å². The molecule has 1 aromatic carbocycles. The molecule has 2 rings (SSSR count). The van der Waals surface area contributed by atoms with Crippen molar-refractivity contribution in [3.8, 4) is 0 Å². The van der Waals surface area contributed by atoms with Crippen molar-refractivity contribution in [3.05, 3.63) is 28.2 Å². The fraction of sp³-hybridized carbons (Fsp3) is 0.625. The van der Waals surface area contributed by atoms with Gasteiger partial charge in [-0.3, -0.25) is 0 Å². The van der Waals surface area contributed by atoms with Crippen molar-refractivity contribution in [1.29, 1.82) is 0 Å². The molecule has 1 saturated carbocycles. The van der Waals surface area contributed by atoms with Crippen molar-refractivity contribution in [2.45, 2.75) is 52.1 Å². The van der Waals surface area contributed by atoms with Gasteiger partial charge in [-0.2, -0.15) is 0 Å². The second-order valence-corrected chi connectivity index (χ2v) is 7.44. The van der Waals surface area contributed by atoms with Crippen LogP contribution in [0.1, 0.15) is 45.1 Å². The predicted octanol–water partition coefficient (Wildman–Crippen LogP) is 4.31. The minimum Gasteiger partial charge on any atom is -0.372 e. The molecule has 3 heteroatoms. The molecule has 0 unspecified atom stereocenters. The molecular weight excluding hydrogens is 300 g/mol. The molecule has 0 saturated heterocycles. The first-order valence-corrected chi connectivity index (χ1v) is 7.93. The van der Waals surface area contributed by atoms with Crippen LogP contribution in [0.15, 0.2) is 22.7 Å². The summed E-state index contributed by atoms with van der Waals surface area (Å²) in [4.78, 5) is 2.43. The number of nitrogens with two attached hydrogens (primary N) is 1. The molecule has 0 aliphatic heterocycles. The minimum absolute atomic E-state index is 0.525. The first-order chi connectivity index (χ1) is 8.91. The second kappa shape index (κ2) is 5.84. The van der Waals surface area contributed by atoms with Gasteiger partial charge in [-0.15, -0.1) is 0 Å². The number of benzene rings is 1. The average molecular weight is 325 g/mol. The summed E-state index contributed by atoms with van der Waals surface area (Å²) in [6.45, 7) is 5.36. The molecular formula is C16H25BrN2. The number of anilines is 1. The predicted molar refractivity (Wildman–Crippen MR) is 86.5 cm³/mol. The van der Waals surface area contributed by atoms with Crippen LogP contribution in [0.2, 0.25) is 0 Å². The van der Waals surface area contributed by atoms with Crippen LogP contribution in [-0.2, 0) is 6.54 Å². The fourth-order valence-electron chi connectivity index (χ4n) is 2.94. The van der Waals surface area contributed by atoms with Gasteiger partial charge < -0.3 is 10.6 Å². The molecule has 0 aromatic heterocycles. The Labute approximate surface area is 125 Å². The zero-order valence-electron chi connectivity index (χ0n) is 12.2. The monoisotopic (exact) mass is 324 g/mol. The SMILES string of the molecule is CN(c1cc(Br)cc(CN)c1)C1CCC(C)(C)CC1. The van der Waals surface area contributed by atoms with Crippen molar-refractivity contribution >= 4 is 21.6 Å². The van der Waals surface area contributed by atoms with Crippen LogP contribution in [0.5, 0.6) is 0 Å². The Hall–Kier alpha value is -0.540. The van der Waals surface area contributed by atoms with E-state index in [1.807, 2.05) is 0 Å². The van der Waals surface area contributed by atoms with Gasteiger partial charge in [0.25, 0.3) is 0 Å². The molecule has 0 atom stereocenters. The van der Waals surface area contributed by atoms with Crippen molar-refractivity contribution in [2.24, 2.45) is 11.1 Å². The zero-order valence-corrected chi connectivity index (χ0v) is 13.8. The molecule has 0 amide bonds. The summed E-state index contributed by atoms with van der Waals surface area (Å²) in [6.07, 6.45) is 5.21. The Balaban J connectivity index is 2.11. The standard InChI is InChI=1S/C16H25BrN2/c1-16(2)6-4-14(5-7-16)19(3)15-9-12(11-18)8-13(17)10-15/h8-10,14H,4-7,11,18H2,1-3H3. The highest BCUT2D eigenvalue weighted by Gasteiger charge is 2.29. The lowest BCUT2D eigenvalue weighted by Gasteiger charge is -2.39. The van der Waals surface area contributed by atoms with E-state index in [9.17, 15) is 0 Å². The first kappa shape index (κ1) is 14.9. The highest BCUT2D eigenvalue weighted by atomic mass is 79.9. The van der Waals surface area contributed by atoms with Gasteiger partial charge in [-0.25, -0.2) is 0 Å². The Morgan fingerprint density at radius 1 is 1.26 bits per heavy atom. The minimum atomic E-state index is 0.525. The molecule has 0 spiro atoms. The van der Waals surface area contributed by atoms with E-state index in [-0.39, 0.29) is 0 Å². The van der Waals surface area contributed by atoms with Gasteiger partial charge in [0.2, 0.25) is 0 Å². The third kappa shape index (κ3) is 3.73. The molecule has 1 aliphatic carbocycles. The van der Waals surface area contributed by atoms with E-state index in [1.165, 1.54) is 36.9 Å².